The minimum atomic E-state index is -0.0899. The van der Waals surface area contributed by atoms with E-state index in [1.807, 2.05) is 42.5 Å². The lowest BCUT2D eigenvalue weighted by Gasteiger charge is -2.14. The van der Waals surface area contributed by atoms with Gasteiger partial charge in [0.1, 0.15) is 5.75 Å². The van der Waals surface area contributed by atoms with Crippen molar-refractivity contribution in [3.8, 4) is 5.75 Å². The molecule has 0 aliphatic carbocycles. The van der Waals surface area contributed by atoms with Gasteiger partial charge in [-0.05, 0) is 28.3 Å². The topological polar surface area (TPSA) is 49.3 Å². The van der Waals surface area contributed by atoms with Gasteiger partial charge >= 0.3 is 0 Å². The Morgan fingerprint density at radius 3 is 2.14 bits per heavy atom. The number of phenols is 1. The van der Waals surface area contributed by atoms with E-state index >= 15 is 0 Å². The second-order valence-electron chi connectivity index (χ2n) is 5.30. The van der Waals surface area contributed by atoms with Crippen molar-refractivity contribution in [3.05, 3.63) is 48.5 Å². The van der Waals surface area contributed by atoms with Gasteiger partial charge in [-0.2, -0.15) is 0 Å². The van der Waals surface area contributed by atoms with E-state index in [1.54, 1.807) is 6.07 Å². The lowest BCUT2D eigenvalue weighted by Crippen LogP contribution is -2.06. The largest absolute Gasteiger partial charge is 0.507 e. The lowest BCUT2D eigenvalue weighted by atomic mass is 9.93. The highest BCUT2D eigenvalue weighted by Crippen LogP contribution is 2.40. The number of benzene rings is 4. The van der Waals surface area contributed by atoms with Gasteiger partial charge in [-0.1, -0.05) is 36.4 Å². The van der Waals surface area contributed by atoms with Gasteiger partial charge in [0.25, 0.3) is 0 Å². The first kappa shape index (κ1) is 12.0. The molecule has 0 saturated heterocycles. The zero-order chi connectivity index (χ0) is 14.6. The smallest absolute Gasteiger partial charge is 0.221 e. The van der Waals surface area contributed by atoms with Gasteiger partial charge < -0.3 is 10.4 Å². The molecule has 0 spiro atoms. The van der Waals surface area contributed by atoms with E-state index < -0.39 is 0 Å². The number of hydrogen-bond acceptors (Lipinski definition) is 2. The maximum Gasteiger partial charge on any atom is 0.221 e. The number of amides is 1. The third-order valence-corrected chi connectivity index (χ3v) is 3.95. The highest BCUT2D eigenvalue weighted by Gasteiger charge is 2.12. The Morgan fingerprint density at radius 1 is 0.857 bits per heavy atom. The number of anilines is 1. The van der Waals surface area contributed by atoms with Crippen molar-refractivity contribution >= 4 is 43.9 Å². The highest BCUT2D eigenvalue weighted by atomic mass is 16.3. The quantitative estimate of drug-likeness (QED) is 0.510. The summed E-state index contributed by atoms with van der Waals surface area (Å²) in [5.74, 6) is 0.190. The average Bonchev–Trinajstić information content (AvgIpc) is 2.47. The Bertz CT molecular complexity index is 1000. The van der Waals surface area contributed by atoms with Crippen molar-refractivity contribution in [2.24, 2.45) is 0 Å². The Labute approximate surface area is 121 Å². The van der Waals surface area contributed by atoms with E-state index in [1.165, 1.54) is 6.92 Å². The van der Waals surface area contributed by atoms with E-state index in [-0.39, 0.29) is 11.7 Å². The molecule has 0 bridgehead atoms. The van der Waals surface area contributed by atoms with Crippen LogP contribution < -0.4 is 5.32 Å². The molecule has 0 fully saturated rings. The van der Waals surface area contributed by atoms with E-state index in [0.717, 1.165) is 38.0 Å². The number of rotatable bonds is 1. The first-order chi connectivity index (χ1) is 10.1. The van der Waals surface area contributed by atoms with Crippen LogP contribution in [0.1, 0.15) is 6.92 Å². The molecule has 0 unspecified atom stereocenters. The molecule has 0 atom stereocenters. The van der Waals surface area contributed by atoms with Crippen LogP contribution in [0.5, 0.6) is 5.75 Å². The molecular formula is C18H13NO2. The van der Waals surface area contributed by atoms with Gasteiger partial charge in [-0.15, -0.1) is 0 Å². The second-order valence-corrected chi connectivity index (χ2v) is 5.30. The summed E-state index contributed by atoms with van der Waals surface area (Å²) in [6.07, 6.45) is 0. The molecule has 0 aliphatic rings. The second kappa shape index (κ2) is 4.09. The summed E-state index contributed by atoms with van der Waals surface area (Å²) < 4.78 is 0. The van der Waals surface area contributed by atoms with Crippen molar-refractivity contribution in [2.75, 3.05) is 5.32 Å². The zero-order valence-electron chi connectivity index (χ0n) is 11.5. The van der Waals surface area contributed by atoms with Crippen molar-refractivity contribution < 1.29 is 9.90 Å². The fraction of sp³-hybridized carbons (Fsp3) is 0.0556. The molecule has 0 aromatic heterocycles. The SMILES string of the molecule is CC(=O)Nc1ccc2ccc3c(O)ccc4ccc1c2c43. The monoisotopic (exact) mass is 275 g/mol. The number of aromatic hydroxyl groups is 1. The first-order valence-corrected chi connectivity index (χ1v) is 6.82. The summed E-state index contributed by atoms with van der Waals surface area (Å²) >= 11 is 0. The molecule has 4 aromatic carbocycles. The molecule has 0 saturated carbocycles. The van der Waals surface area contributed by atoms with Gasteiger partial charge in [-0.25, -0.2) is 0 Å². The Kier molecular flexibility index (Phi) is 2.33. The van der Waals surface area contributed by atoms with Crippen LogP contribution in [0.4, 0.5) is 5.69 Å². The van der Waals surface area contributed by atoms with Crippen LogP contribution in [-0.4, -0.2) is 11.0 Å². The van der Waals surface area contributed by atoms with E-state index in [4.69, 9.17) is 0 Å². The molecule has 4 rings (SSSR count). The summed E-state index contributed by atoms with van der Waals surface area (Å²) in [6, 6.07) is 15.5. The summed E-state index contributed by atoms with van der Waals surface area (Å²) in [4.78, 5) is 11.4. The molecule has 1 amide bonds. The number of hydrogen-bond donors (Lipinski definition) is 2. The first-order valence-electron chi connectivity index (χ1n) is 6.82. The predicted octanol–water partition coefficient (Wildman–Crippen LogP) is 4.25. The van der Waals surface area contributed by atoms with Gasteiger partial charge in [0.15, 0.2) is 0 Å². The van der Waals surface area contributed by atoms with Crippen LogP contribution in [0.2, 0.25) is 0 Å². The van der Waals surface area contributed by atoms with Crippen LogP contribution in [0, 0.1) is 0 Å². The molecular weight excluding hydrogens is 262 g/mol. The standard InChI is InChI=1S/C18H13NO2/c1-10(20)19-15-8-4-11-3-7-14-16(21)9-5-12-2-6-13(15)17(11)18(12)14/h2-9,21H,1H3,(H,19,20). The Hall–Kier alpha value is -2.81. The van der Waals surface area contributed by atoms with Crippen LogP contribution in [-0.2, 0) is 4.79 Å². The number of carbonyl (C=O) groups is 1. The van der Waals surface area contributed by atoms with Gasteiger partial charge in [0.05, 0.1) is 0 Å². The molecule has 21 heavy (non-hydrogen) atoms. The minimum absolute atomic E-state index is 0.0899. The summed E-state index contributed by atoms with van der Waals surface area (Å²) in [5.41, 5.74) is 0.799. The van der Waals surface area contributed by atoms with Gasteiger partial charge in [0.2, 0.25) is 5.91 Å². The molecule has 3 heteroatoms. The average molecular weight is 275 g/mol. The lowest BCUT2D eigenvalue weighted by molar-refractivity contribution is -0.114. The molecule has 0 heterocycles. The maximum absolute atomic E-state index is 11.4. The van der Waals surface area contributed by atoms with E-state index in [2.05, 4.69) is 5.32 Å². The van der Waals surface area contributed by atoms with E-state index in [0.29, 0.717) is 0 Å². The maximum atomic E-state index is 11.4. The van der Waals surface area contributed by atoms with Gasteiger partial charge in [0, 0.05) is 28.8 Å². The summed E-state index contributed by atoms with van der Waals surface area (Å²) in [5, 5.41) is 19.1. The third-order valence-electron chi connectivity index (χ3n) is 3.95. The molecule has 102 valence electrons. The fourth-order valence-electron chi connectivity index (χ4n) is 3.08. The van der Waals surface area contributed by atoms with Crippen LogP contribution in [0.25, 0.3) is 32.3 Å². The number of carbonyl (C=O) groups excluding carboxylic acids is 1. The predicted molar refractivity (Wildman–Crippen MR) is 86.1 cm³/mol. The number of nitrogens with one attached hydrogen (secondary N) is 1. The Morgan fingerprint density at radius 2 is 1.43 bits per heavy atom. The fourth-order valence-corrected chi connectivity index (χ4v) is 3.08. The molecule has 0 radical (unpaired) electrons. The van der Waals surface area contributed by atoms with Crippen molar-refractivity contribution in [1.29, 1.82) is 0 Å². The van der Waals surface area contributed by atoms with Crippen molar-refractivity contribution in [3.63, 3.8) is 0 Å². The third kappa shape index (κ3) is 1.64. The number of phenolic OH excluding ortho intramolecular Hbond substituents is 1. The van der Waals surface area contributed by atoms with Crippen LogP contribution >= 0.6 is 0 Å². The van der Waals surface area contributed by atoms with Crippen LogP contribution in [0.15, 0.2) is 48.5 Å². The molecule has 0 aliphatic heterocycles. The van der Waals surface area contributed by atoms with Gasteiger partial charge in [-0.3, -0.25) is 4.79 Å². The van der Waals surface area contributed by atoms with Crippen molar-refractivity contribution in [1.82, 2.24) is 0 Å². The Balaban J connectivity index is 2.24. The summed E-state index contributed by atoms with van der Waals surface area (Å²) in [7, 11) is 0. The van der Waals surface area contributed by atoms with E-state index in [9.17, 15) is 9.90 Å². The molecule has 4 aromatic rings. The van der Waals surface area contributed by atoms with Crippen LogP contribution in [0.3, 0.4) is 0 Å². The normalized spacial score (nSPS) is 11.5. The molecule has 3 nitrogen and oxygen atoms in total. The minimum Gasteiger partial charge on any atom is -0.507 e. The highest BCUT2D eigenvalue weighted by molar-refractivity contribution is 6.26. The zero-order valence-corrected chi connectivity index (χ0v) is 11.5. The van der Waals surface area contributed by atoms with Crippen molar-refractivity contribution in [2.45, 2.75) is 6.92 Å². The molecule has 2 N–H and O–H groups in total. The summed E-state index contributed by atoms with van der Waals surface area (Å²) in [6.45, 7) is 1.50.